The van der Waals surface area contributed by atoms with Gasteiger partial charge in [0.15, 0.2) is 11.6 Å². The van der Waals surface area contributed by atoms with E-state index in [2.05, 4.69) is 21.4 Å². The number of rotatable bonds is 3. The number of aryl methyl sites for hydroxylation is 1. The SMILES string of the molecule is CCN(C)c1nn(-c2ccc(C)nn2)c(N)c1C#N. The van der Waals surface area contributed by atoms with E-state index < -0.39 is 0 Å². The van der Waals surface area contributed by atoms with E-state index in [0.717, 1.165) is 12.2 Å². The molecule has 0 bridgehead atoms. The summed E-state index contributed by atoms with van der Waals surface area (Å²) in [4.78, 5) is 1.85. The number of hydrogen-bond donors (Lipinski definition) is 1. The number of nitriles is 1. The van der Waals surface area contributed by atoms with Crippen molar-refractivity contribution in [1.82, 2.24) is 20.0 Å². The third kappa shape index (κ3) is 2.20. The van der Waals surface area contributed by atoms with E-state index in [1.165, 1.54) is 4.68 Å². The van der Waals surface area contributed by atoms with Gasteiger partial charge in [-0.3, -0.25) is 0 Å². The van der Waals surface area contributed by atoms with Crippen LogP contribution in [0.2, 0.25) is 0 Å². The van der Waals surface area contributed by atoms with Crippen LogP contribution in [0.4, 0.5) is 11.6 Å². The Balaban J connectivity index is 2.56. The Morgan fingerprint density at radius 3 is 2.68 bits per heavy atom. The summed E-state index contributed by atoms with van der Waals surface area (Å²) >= 11 is 0. The second-order valence-electron chi connectivity index (χ2n) is 4.15. The van der Waals surface area contributed by atoms with Gasteiger partial charge >= 0.3 is 0 Å². The van der Waals surface area contributed by atoms with Crippen LogP contribution in [0, 0.1) is 18.3 Å². The number of anilines is 2. The minimum atomic E-state index is 0.274. The second-order valence-corrected chi connectivity index (χ2v) is 4.15. The number of nitrogens with zero attached hydrogens (tertiary/aromatic N) is 6. The topological polar surface area (TPSA) is 96.7 Å². The van der Waals surface area contributed by atoms with Crippen LogP contribution in [0.5, 0.6) is 0 Å². The summed E-state index contributed by atoms with van der Waals surface area (Å²) < 4.78 is 1.44. The summed E-state index contributed by atoms with van der Waals surface area (Å²) in [5.74, 6) is 1.32. The minimum Gasteiger partial charge on any atom is -0.382 e. The van der Waals surface area contributed by atoms with Crippen LogP contribution in [0.3, 0.4) is 0 Å². The summed E-state index contributed by atoms with van der Waals surface area (Å²) in [6.07, 6.45) is 0. The molecule has 2 aromatic rings. The maximum absolute atomic E-state index is 9.20. The molecule has 0 fully saturated rings. The Morgan fingerprint density at radius 1 is 1.42 bits per heavy atom. The molecular weight excluding hydrogens is 242 g/mol. The Kier molecular flexibility index (Phi) is 3.33. The molecule has 2 N–H and O–H groups in total. The molecule has 0 saturated carbocycles. The largest absolute Gasteiger partial charge is 0.382 e. The van der Waals surface area contributed by atoms with Crippen LogP contribution in [0.1, 0.15) is 18.2 Å². The van der Waals surface area contributed by atoms with Crippen LogP contribution >= 0.6 is 0 Å². The Morgan fingerprint density at radius 2 is 2.16 bits per heavy atom. The lowest BCUT2D eigenvalue weighted by atomic mass is 10.3. The molecule has 0 radical (unpaired) electrons. The summed E-state index contributed by atoms with van der Waals surface area (Å²) in [6.45, 7) is 4.55. The maximum Gasteiger partial charge on any atom is 0.178 e. The van der Waals surface area contributed by atoms with Gasteiger partial charge < -0.3 is 10.6 Å². The molecule has 2 heterocycles. The standard InChI is InChI=1S/C12H15N7/c1-4-18(3)12-9(7-13)11(14)19(17-12)10-6-5-8(2)15-16-10/h5-6H,4,14H2,1-3H3. The fourth-order valence-electron chi connectivity index (χ4n) is 1.62. The second kappa shape index (κ2) is 4.94. The van der Waals surface area contributed by atoms with Gasteiger partial charge in [0.25, 0.3) is 0 Å². The summed E-state index contributed by atoms with van der Waals surface area (Å²) in [6, 6.07) is 5.67. The van der Waals surface area contributed by atoms with E-state index in [-0.39, 0.29) is 5.82 Å². The molecule has 98 valence electrons. The molecule has 0 unspecified atom stereocenters. The highest BCUT2D eigenvalue weighted by Gasteiger charge is 2.19. The maximum atomic E-state index is 9.20. The van der Waals surface area contributed by atoms with Crippen molar-refractivity contribution in [2.75, 3.05) is 24.2 Å². The predicted molar refractivity (Wildman–Crippen MR) is 72.0 cm³/mol. The lowest BCUT2D eigenvalue weighted by molar-refractivity contribution is 0.800. The van der Waals surface area contributed by atoms with E-state index in [1.807, 2.05) is 31.9 Å². The van der Waals surface area contributed by atoms with Crippen molar-refractivity contribution in [3.05, 3.63) is 23.4 Å². The smallest absolute Gasteiger partial charge is 0.178 e. The molecule has 7 heteroatoms. The molecule has 0 saturated heterocycles. The highest BCUT2D eigenvalue weighted by atomic mass is 15.4. The fraction of sp³-hybridized carbons (Fsp3) is 0.333. The first kappa shape index (κ1) is 12.8. The third-order valence-electron chi connectivity index (χ3n) is 2.85. The van der Waals surface area contributed by atoms with Crippen molar-refractivity contribution in [2.24, 2.45) is 0 Å². The fourth-order valence-corrected chi connectivity index (χ4v) is 1.62. The zero-order chi connectivity index (χ0) is 14.0. The van der Waals surface area contributed by atoms with Gasteiger partial charge in [-0.15, -0.1) is 10.2 Å². The van der Waals surface area contributed by atoms with Gasteiger partial charge in [0, 0.05) is 13.6 Å². The van der Waals surface area contributed by atoms with E-state index >= 15 is 0 Å². The molecule has 0 aliphatic carbocycles. The molecule has 0 spiro atoms. The van der Waals surface area contributed by atoms with Crippen molar-refractivity contribution < 1.29 is 0 Å². The van der Waals surface area contributed by atoms with Crippen molar-refractivity contribution in [3.63, 3.8) is 0 Å². The Labute approximate surface area is 111 Å². The molecule has 0 atom stereocenters. The third-order valence-corrected chi connectivity index (χ3v) is 2.85. The molecule has 0 aliphatic heterocycles. The average Bonchev–Trinajstić information content (AvgIpc) is 2.76. The number of hydrogen-bond acceptors (Lipinski definition) is 6. The quantitative estimate of drug-likeness (QED) is 0.876. The molecule has 7 nitrogen and oxygen atoms in total. The van der Waals surface area contributed by atoms with Gasteiger partial charge in [-0.2, -0.15) is 15.0 Å². The molecular formula is C12H15N7. The first-order valence-electron chi connectivity index (χ1n) is 5.89. The van der Waals surface area contributed by atoms with E-state index in [1.54, 1.807) is 6.07 Å². The van der Waals surface area contributed by atoms with E-state index in [4.69, 9.17) is 5.73 Å². The van der Waals surface area contributed by atoms with Crippen LogP contribution in [0.25, 0.3) is 5.82 Å². The molecule has 0 aliphatic rings. The summed E-state index contributed by atoms with van der Waals surface area (Å²) in [5, 5.41) is 21.5. The molecule has 0 amide bonds. The van der Waals surface area contributed by atoms with E-state index in [0.29, 0.717) is 17.2 Å². The van der Waals surface area contributed by atoms with Crippen molar-refractivity contribution >= 4 is 11.6 Å². The monoisotopic (exact) mass is 257 g/mol. The molecule has 0 aromatic carbocycles. The number of nitrogen functional groups attached to an aromatic ring is 1. The first-order valence-corrected chi connectivity index (χ1v) is 5.89. The van der Waals surface area contributed by atoms with Crippen molar-refractivity contribution in [2.45, 2.75) is 13.8 Å². The Hall–Kier alpha value is -2.62. The normalized spacial score (nSPS) is 10.2. The zero-order valence-corrected chi connectivity index (χ0v) is 11.1. The molecule has 2 rings (SSSR count). The molecule has 2 aromatic heterocycles. The van der Waals surface area contributed by atoms with E-state index in [9.17, 15) is 5.26 Å². The minimum absolute atomic E-state index is 0.274. The van der Waals surface area contributed by atoms with Gasteiger partial charge in [0.1, 0.15) is 17.5 Å². The zero-order valence-electron chi connectivity index (χ0n) is 11.1. The van der Waals surface area contributed by atoms with Gasteiger partial charge in [-0.05, 0) is 26.0 Å². The highest BCUT2D eigenvalue weighted by molar-refractivity contribution is 5.66. The molecule has 19 heavy (non-hydrogen) atoms. The van der Waals surface area contributed by atoms with Gasteiger partial charge in [-0.1, -0.05) is 0 Å². The average molecular weight is 257 g/mol. The predicted octanol–water partition coefficient (Wildman–Crippen LogP) is 0.881. The lowest BCUT2D eigenvalue weighted by Gasteiger charge is -2.12. The van der Waals surface area contributed by atoms with Crippen LogP contribution in [-0.2, 0) is 0 Å². The van der Waals surface area contributed by atoms with Crippen molar-refractivity contribution in [1.29, 1.82) is 5.26 Å². The first-order chi connectivity index (χ1) is 9.08. The summed E-state index contributed by atoms with van der Waals surface area (Å²) in [5.41, 5.74) is 7.12. The van der Waals surface area contributed by atoms with Crippen LogP contribution < -0.4 is 10.6 Å². The Bertz CT molecular complexity index is 621. The van der Waals surface area contributed by atoms with Gasteiger partial charge in [0.05, 0.1) is 5.69 Å². The van der Waals surface area contributed by atoms with Gasteiger partial charge in [0.2, 0.25) is 0 Å². The lowest BCUT2D eigenvalue weighted by Crippen LogP contribution is -2.17. The summed E-state index contributed by atoms with van der Waals surface area (Å²) in [7, 11) is 1.85. The highest BCUT2D eigenvalue weighted by Crippen LogP contribution is 2.25. The van der Waals surface area contributed by atoms with Gasteiger partial charge in [-0.25, -0.2) is 0 Å². The van der Waals surface area contributed by atoms with Crippen LogP contribution in [0.15, 0.2) is 12.1 Å². The van der Waals surface area contributed by atoms with Crippen LogP contribution in [-0.4, -0.2) is 33.6 Å². The number of aromatic nitrogens is 4. The van der Waals surface area contributed by atoms with Crippen molar-refractivity contribution in [3.8, 4) is 11.9 Å². The number of nitrogens with two attached hydrogens (primary N) is 1.